The van der Waals surface area contributed by atoms with Crippen LogP contribution in [0.2, 0.25) is 0 Å². The number of rotatable bonds is 5. The number of halogens is 3. The number of fused-ring (bicyclic) bond motifs is 1. The highest BCUT2D eigenvalue weighted by Crippen LogP contribution is 2.30. The number of carbonyl (C=O) groups excluding carboxylic acids is 1. The zero-order chi connectivity index (χ0) is 22.7. The van der Waals surface area contributed by atoms with Crippen LogP contribution in [0.4, 0.5) is 13.2 Å². The molecule has 1 aromatic heterocycles. The minimum atomic E-state index is -4.34. The summed E-state index contributed by atoms with van der Waals surface area (Å²) in [6.07, 6.45) is -2.81. The zero-order valence-corrected chi connectivity index (χ0v) is 17.0. The summed E-state index contributed by atoms with van der Waals surface area (Å²) in [4.78, 5) is 19.0. The van der Waals surface area contributed by atoms with Crippen LogP contribution in [0.3, 0.4) is 0 Å². The lowest BCUT2D eigenvalue weighted by Crippen LogP contribution is -2.23. The van der Waals surface area contributed by atoms with E-state index in [2.05, 4.69) is 21.3 Å². The van der Waals surface area contributed by atoms with Gasteiger partial charge in [-0.2, -0.15) is 18.4 Å². The molecule has 32 heavy (non-hydrogen) atoms. The van der Waals surface area contributed by atoms with Crippen LogP contribution in [0.25, 0.3) is 0 Å². The molecular weight excluding hydrogens is 417 g/mol. The van der Waals surface area contributed by atoms with Gasteiger partial charge in [0.2, 0.25) is 0 Å². The van der Waals surface area contributed by atoms with Crippen molar-refractivity contribution in [3.8, 4) is 6.07 Å². The molecule has 1 aliphatic heterocycles. The molecule has 0 radical (unpaired) electrons. The zero-order valence-electron chi connectivity index (χ0n) is 17.0. The summed E-state index contributed by atoms with van der Waals surface area (Å²) < 4.78 is 38.2. The van der Waals surface area contributed by atoms with Crippen molar-refractivity contribution in [3.63, 3.8) is 0 Å². The van der Waals surface area contributed by atoms with Gasteiger partial charge in [-0.05, 0) is 47.0 Å². The van der Waals surface area contributed by atoms with E-state index >= 15 is 0 Å². The third-order valence-corrected chi connectivity index (χ3v) is 5.31. The molecule has 5 nitrogen and oxygen atoms in total. The van der Waals surface area contributed by atoms with E-state index in [-0.39, 0.29) is 5.91 Å². The molecule has 3 aromatic rings. The molecule has 2 heterocycles. The van der Waals surface area contributed by atoms with Crippen LogP contribution < -0.4 is 5.32 Å². The molecule has 162 valence electrons. The van der Waals surface area contributed by atoms with Crippen molar-refractivity contribution in [2.75, 3.05) is 0 Å². The number of pyridine rings is 1. The standard InChI is InChI=1S/C24H19F3N4O/c25-24(26,27)21-7-5-18(6-8-21)13-31-14-20-9-19(12-29-22(20)15-31)23(32)30-11-17-3-1-16(10-28)2-4-17/h1-9,12H,11,13-15H2,(H,30,32). The minimum Gasteiger partial charge on any atom is -0.348 e. The van der Waals surface area contributed by atoms with Crippen LogP contribution in [0.1, 0.15) is 43.9 Å². The number of amides is 1. The molecular formula is C24H19F3N4O. The predicted octanol–water partition coefficient (Wildman–Crippen LogP) is 4.42. The molecule has 4 rings (SSSR count). The van der Waals surface area contributed by atoms with Gasteiger partial charge in [0, 0.05) is 32.4 Å². The summed E-state index contributed by atoms with van der Waals surface area (Å²) in [6.45, 7) is 1.97. The number of nitriles is 1. The number of carbonyl (C=O) groups is 1. The fourth-order valence-electron chi connectivity index (χ4n) is 3.60. The molecule has 1 amide bonds. The number of hydrogen-bond donors (Lipinski definition) is 1. The Morgan fingerprint density at radius 2 is 1.75 bits per heavy atom. The van der Waals surface area contributed by atoms with Gasteiger partial charge >= 0.3 is 6.18 Å². The molecule has 0 bridgehead atoms. The highest BCUT2D eigenvalue weighted by Gasteiger charge is 2.30. The maximum atomic E-state index is 12.7. The van der Waals surface area contributed by atoms with Gasteiger partial charge in [0.05, 0.1) is 28.5 Å². The summed E-state index contributed by atoms with van der Waals surface area (Å²) in [5.74, 6) is -0.245. The number of alkyl halides is 3. The van der Waals surface area contributed by atoms with Crippen molar-refractivity contribution in [2.24, 2.45) is 0 Å². The molecule has 1 N–H and O–H groups in total. The SMILES string of the molecule is N#Cc1ccc(CNC(=O)c2cnc3c(c2)CN(Cc2ccc(C(F)(F)F)cc2)C3)cc1. The molecule has 0 atom stereocenters. The van der Waals surface area contributed by atoms with Crippen LogP contribution in [0.15, 0.2) is 60.8 Å². The molecule has 0 spiro atoms. The second-order valence-corrected chi connectivity index (χ2v) is 7.66. The van der Waals surface area contributed by atoms with Gasteiger partial charge in [0.1, 0.15) is 0 Å². The van der Waals surface area contributed by atoms with Crippen molar-refractivity contribution in [1.82, 2.24) is 15.2 Å². The van der Waals surface area contributed by atoms with Crippen LogP contribution in [0, 0.1) is 11.3 Å². The first-order chi connectivity index (χ1) is 15.3. The number of aromatic nitrogens is 1. The van der Waals surface area contributed by atoms with Gasteiger partial charge in [-0.25, -0.2) is 0 Å². The Bertz CT molecular complexity index is 1170. The molecule has 8 heteroatoms. The number of benzene rings is 2. The summed E-state index contributed by atoms with van der Waals surface area (Å²) in [6, 6.07) is 16.0. The third kappa shape index (κ3) is 4.95. The fourth-order valence-corrected chi connectivity index (χ4v) is 3.60. The van der Waals surface area contributed by atoms with Gasteiger partial charge in [-0.1, -0.05) is 24.3 Å². The van der Waals surface area contributed by atoms with Gasteiger partial charge < -0.3 is 5.32 Å². The highest BCUT2D eigenvalue weighted by molar-refractivity contribution is 5.94. The fraction of sp³-hybridized carbons (Fsp3) is 0.208. The van der Waals surface area contributed by atoms with E-state index < -0.39 is 11.7 Å². The smallest absolute Gasteiger partial charge is 0.348 e. The van der Waals surface area contributed by atoms with Crippen LogP contribution in [-0.2, 0) is 32.4 Å². The summed E-state index contributed by atoms with van der Waals surface area (Å²) in [7, 11) is 0. The molecule has 0 aliphatic carbocycles. The maximum Gasteiger partial charge on any atom is 0.416 e. The van der Waals surface area contributed by atoms with E-state index in [0.717, 1.165) is 34.5 Å². The first-order valence-corrected chi connectivity index (χ1v) is 9.95. The number of hydrogen-bond acceptors (Lipinski definition) is 4. The number of nitrogens with one attached hydrogen (secondary N) is 1. The topological polar surface area (TPSA) is 69.0 Å². The highest BCUT2D eigenvalue weighted by atomic mass is 19.4. The largest absolute Gasteiger partial charge is 0.416 e. The van der Waals surface area contributed by atoms with Crippen LogP contribution in [0.5, 0.6) is 0 Å². The van der Waals surface area contributed by atoms with E-state index in [1.807, 2.05) is 6.07 Å². The van der Waals surface area contributed by atoms with E-state index in [1.54, 1.807) is 24.3 Å². The summed E-state index contributed by atoms with van der Waals surface area (Å²) in [5, 5.41) is 11.7. The first-order valence-electron chi connectivity index (χ1n) is 9.95. The monoisotopic (exact) mass is 436 g/mol. The third-order valence-electron chi connectivity index (χ3n) is 5.31. The maximum absolute atomic E-state index is 12.7. The van der Waals surface area contributed by atoms with Crippen LogP contribution >= 0.6 is 0 Å². The lowest BCUT2D eigenvalue weighted by Gasteiger charge is -2.15. The summed E-state index contributed by atoms with van der Waals surface area (Å²) >= 11 is 0. The molecule has 0 unspecified atom stereocenters. The van der Waals surface area contributed by atoms with Crippen molar-refractivity contribution in [3.05, 3.63) is 99.9 Å². The number of nitrogens with zero attached hydrogens (tertiary/aromatic N) is 3. The molecule has 0 fully saturated rings. The van der Waals surface area contributed by atoms with Gasteiger partial charge in [-0.15, -0.1) is 0 Å². The van der Waals surface area contributed by atoms with E-state index in [0.29, 0.717) is 37.3 Å². The van der Waals surface area contributed by atoms with Crippen molar-refractivity contribution in [2.45, 2.75) is 32.4 Å². The second-order valence-electron chi connectivity index (χ2n) is 7.66. The predicted molar refractivity (Wildman–Crippen MR) is 111 cm³/mol. The van der Waals surface area contributed by atoms with E-state index in [4.69, 9.17) is 5.26 Å². The summed E-state index contributed by atoms with van der Waals surface area (Å²) in [5.41, 5.74) is 3.81. The Hall–Kier alpha value is -3.70. The van der Waals surface area contributed by atoms with Crippen molar-refractivity contribution < 1.29 is 18.0 Å². The average Bonchev–Trinajstić information content (AvgIpc) is 3.19. The Balaban J connectivity index is 1.35. The van der Waals surface area contributed by atoms with E-state index in [9.17, 15) is 18.0 Å². The van der Waals surface area contributed by atoms with E-state index in [1.165, 1.54) is 18.3 Å². The molecule has 0 saturated carbocycles. The lowest BCUT2D eigenvalue weighted by molar-refractivity contribution is -0.137. The van der Waals surface area contributed by atoms with Gasteiger partial charge in [-0.3, -0.25) is 14.7 Å². The Morgan fingerprint density at radius 3 is 2.41 bits per heavy atom. The Labute approximate surface area is 183 Å². The Morgan fingerprint density at radius 1 is 1.06 bits per heavy atom. The Kier molecular flexibility index (Phi) is 5.93. The normalized spacial score (nSPS) is 13.4. The molecule has 2 aromatic carbocycles. The minimum absolute atomic E-state index is 0.245. The van der Waals surface area contributed by atoms with Gasteiger partial charge in [0.25, 0.3) is 5.91 Å². The average molecular weight is 436 g/mol. The lowest BCUT2D eigenvalue weighted by atomic mass is 10.1. The van der Waals surface area contributed by atoms with Crippen LogP contribution in [-0.4, -0.2) is 15.8 Å². The van der Waals surface area contributed by atoms with Crippen molar-refractivity contribution >= 4 is 5.91 Å². The van der Waals surface area contributed by atoms with Gasteiger partial charge in [0.15, 0.2) is 0 Å². The molecule has 0 saturated heterocycles. The van der Waals surface area contributed by atoms with Crippen molar-refractivity contribution in [1.29, 1.82) is 5.26 Å². The molecule has 1 aliphatic rings. The second kappa shape index (κ2) is 8.81. The first kappa shape index (κ1) is 21.5. The quantitative estimate of drug-likeness (QED) is 0.643.